The SMILES string of the molecule is O=C1CC(Cc2ccc(NC(=O)c3cccn3CCc3ccccc3)cc2)C(=O)N1. The zero-order chi connectivity index (χ0) is 20.9. The van der Waals surface area contributed by atoms with E-state index in [9.17, 15) is 14.4 Å². The number of nitrogens with one attached hydrogen (secondary N) is 2. The maximum absolute atomic E-state index is 12.7. The second-order valence-corrected chi connectivity index (χ2v) is 7.49. The van der Waals surface area contributed by atoms with Gasteiger partial charge < -0.3 is 9.88 Å². The van der Waals surface area contributed by atoms with E-state index in [-0.39, 0.29) is 30.1 Å². The molecule has 0 spiro atoms. The fourth-order valence-corrected chi connectivity index (χ4v) is 3.69. The van der Waals surface area contributed by atoms with Crippen LogP contribution >= 0.6 is 0 Å². The lowest BCUT2D eigenvalue weighted by Crippen LogP contribution is -2.22. The Balaban J connectivity index is 1.36. The summed E-state index contributed by atoms with van der Waals surface area (Å²) in [6, 6.07) is 21.2. The molecule has 0 saturated carbocycles. The molecule has 30 heavy (non-hydrogen) atoms. The monoisotopic (exact) mass is 401 g/mol. The number of carbonyl (C=O) groups is 3. The average molecular weight is 401 g/mol. The van der Waals surface area contributed by atoms with Crippen LogP contribution < -0.4 is 10.6 Å². The lowest BCUT2D eigenvalue weighted by molar-refractivity contribution is -0.125. The highest BCUT2D eigenvalue weighted by Crippen LogP contribution is 2.19. The fraction of sp³-hybridized carbons (Fsp3) is 0.208. The minimum atomic E-state index is -0.314. The van der Waals surface area contributed by atoms with Gasteiger partial charge in [-0.3, -0.25) is 19.7 Å². The molecule has 6 heteroatoms. The van der Waals surface area contributed by atoms with Crippen LogP contribution in [-0.4, -0.2) is 22.3 Å². The number of imide groups is 1. The molecule has 1 unspecified atom stereocenters. The van der Waals surface area contributed by atoms with Gasteiger partial charge in [0.25, 0.3) is 5.91 Å². The van der Waals surface area contributed by atoms with Crippen molar-refractivity contribution >= 4 is 23.4 Å². The smallest absolute Gasteiger partial charge is 0.272 e. The van der Waals surface area contributed by atoms with Crippen LogP contribution in [0, 0.1) is 5.92 Å². The van der Waals surface area contributed by atoms with Crippen molar-refractivity contribution in [1.82, 2.24) is 9.88 Å². The van der Waals surface area contributed by atoms with Crippen LogP contribution in [0.25, 0.3) is 0 Å². The largest absolute Gasteiger partial charge is 0.343 e. The molecular weight excluding hydrogens is 378 g/mol. The van der Waals surface area contributed by atoms with Crippen LogP contribution in [0.5, 0.6) is 0 Å². The van der Waals surface area contributed by atoms with Gasteiger partial charge in [0.1, 0.15) is 5.69 Å². The summed E-state index contributed by atoms with van der Waals surface area (Å²) in [5.74, 6) is -0.912. The molecule has 3 amide bonds. The zero-order valence-electron chi connectivity index (χ0n) is 16.5. The molecule has 3 aromatic rings. The van der Waals surface area contributed by atoms with Crippen molar-refractivity contribution in [2.75, 3.05) is 5.32 Å². The maximum Gasteiger partial charge on any atom is 0.272 e. The number of aromatic nitrogens is 1. The van der Waals surface area contributed by atoms with Crippen LogP contribution in [0.3, 0.4) is 0 Å². The third-order valence-corrected chi connectivity index (χ3v) is 5.31. The molecule has 2 aromatic carbocycles. The summed E-state index contributed by atoms with van der Waals surface area (Å²) in [5.41, 5.74) is 3.47. The highest BCUT2D eigenvalue weighted by molar-refractivity contribution is 6.04. The minimum Gasteiger partial charge on any atom is -0.343 e. The number of rotatable bonds is 7. The van der Waals surface area contributed by atoms with Crippen LogP contribution in [0.15, 0.2) is 72.9 Å². The van der Waals surface area contributed by atoms with Crippen LogP contribution in [0.2, 0.25) is 0 Å². The van der Waals surface area contributed by atoms with Gasteiger partial charge in [0.05, 0.1) is 5.92 Å². The van der Waals surface area contributed by atoms with Gasteiger partial charge in [-0.1, -0.05) is 42.5 Å². The quantitative estimate of drug-likeness (QED) is 0.597. The van der Waals surface area contributed by atoms with Crippen LogP contribution in [0.4, 0.5) is 5.69 Å². The predicted octanol–water partition coefficient (Wildman–Crippen LogP) is 3.19. The Morgan fingerprint density at radius 2 is 1.73 bits per heavy atom. The van der Waals surface area contributed by atoms with E-state index in [4.69, 9.17) is 0 Å². The number of anilines is 1. The predicted molar refractivity (Wildman–Crippen MR) is 114 cm³/mol. The normalized spacial score (nSPS) is 15.8. The highest BCUT2D eigenvalue weighted by Gasteiger charge is 2.30. The summed E-state index contributed by atoms with van der Waals surface area (Å²) in [5, 5.41) is 5.26. The van der Waals surface area contributed by atoms with Crippen molar-refractivity contribution < 1.29 is 14.4 Å². The molecule has 0 radical (unpaired) electrons. The second-order valence-electron chi connectivity index (χ2n) is 7.49. The Kier molecular flexibility index (Phi) is 5.75. The Hall–Kier alpha value is -3.67. The van der Waals surface area contributed by atoms with Gasteiger partial charge in [-0.15, -0.1) is 0 Å². The molecule has 0 bridgehead atoms. The van der Waals surface area contributed by atoms with Gasteiger partial charge in [0.2, 0.25) is 11.8 Å². The number of hydrogen-bond donors (Lipinski definition) is 2. The van der Waals surface area contributed by atoms with Crippen molar-refractivity contribution in [3.05, 3.63) is 89.7 Å². The van der Waals surface area contributed by atoms with Crippen molar-refractivity contribution in [3.8, 4) is 0 Å². The third kappa shape index (κ3) is 4.66. The summed E-state index contributed by atoms with van der Waals surface area (Å²) in [4.78, 5) is 35.8. The summed E-state index contributed by atoms with van der Waals surface area (Å²) < 4.78 is 1.95. The van der Waals surface area contributed by atoms with Crippen LogP contribution in [-0.2, 0) is 29.0 Å². The average Bonchev–Trinajstić information content (AvgIpc) is 3.34. The molecule has 1 atom stereocenters. The lowest BCUT2D eigenvalue weighted by atomic mass is 9.98. The second kappa shape index (κ2) is 8.78. The Labute approximate surface area is 174 Å². The van der Waals surface area contributed by atoms with E-state index in [0.717, 1.165) is 18.5 Å². The molecular formula is C24H23N3O3. The third-order valence-electron chi connectivity index (χ3n) is 5.31. The lowest BCUT2D eigenvalue weighted by Gasteiger charge is -2.11. The highest BCUT2D eigenvalue weighted by atomic mass is 16.2. The van der Waals surface area contributed by atoms with Gasteiger partial charge in [-0.2, -0.15) is 0 Å². The van der Waals surface area contributed by atoms with Gasteiger partial charge in [-0.25, -0.2) is 0 Å². The summed E-state index contributed by atoms with van der Waals surface area (Å²) in [6.07, 6.45) is 3.50. The summed E-state index contributed by atoms with van der Waals surface area (Å²) in [6.45, 7) is 0.723. The van der Waals surface area contributed by atoms with Gasteiger partial charge in [0, 0.05) is 24.8 Å². The van der Waals surface area contributed by atoms with E-state index in [0.29, 0.717) is 17.8 Å². The first-order valence-electron chi connectivity index (χ1n) is 10.0. The standard InChI is InChI=1S/C24H23N3O3/c28-22-16-19(23(29)26-22)15-18-8-10-20(11-9-18)25-24(30)21-7-4-13-27(21)14-12-17-5-2-1-3-6-17/h1-11,13,19H,12,14-16H2,(H,25,30)(H,26,28,29). The number of carbonyl (C=O) groups excluding carboxylic acids is 3. The van der Waals surface area contributed by atoms with Crippen molar-refractivity contribution in [3.63, 3.8) is 0 Å². The Morgan fingerprint density at radius 3 is 2.43 bits per heavy atom. The molecule has 2 heterocycles. The molecule has 0 aliphatic carbocycles. The van der Waals surface area contributed by atoms with E-state index in [1.807, 2.05) is 65.4 Å². The topological polar surface area (TPSA) is 80.2 Å². The van der Waals surface area contributed by atoms with Gasteiger partial charge in [0.15, 0.2) is 0 Å². The van der Waals surface area contributed by atoms with Crippen LogP contribution in [0.1, 0.15) is 28.0 Å². The number of amides is 3. The minimum absolute atomic E-state index is 0.165. The summed E-state index contributed by atoms with van der Waals surface area (Å²) in [7, 11) is 0. The van der Waals surface area contributed by atoms with Crippen molar-refractivity contribution in [2.45, 2.75) is 25.8 Å². The molecule has 4 rings (SSSR count). The molecule has 1 fully saturated rings. The molecule has 152 valence electrons. The Bertz CT molecular complexity index is 1050. The number of benzene rings is 2. The molecule has 2 N–H and O–H groups in total. The Morgan fingerprint density at radius 1 is 0.967 bits per heavy atom. The first-order valence-corrected chi connectivity index (χ1v) is 10.0. The van der Waals surface area contributed by atoms with E-state index in [1.54, 1.807) is 0 Å². The van der Waals surface area contributed by atoms with E-state index < -0.39 is 0 Å². The number of nitrogens with zero attached hydrogens (tertiary/aromatic N) is 1. The molecule has 1 aliphatic rings. The molecule has 1 aliphatic heterocycles. The van der Waals surface area contributed by atoms with Gasteiger partial charge >= 0.3 is 0 Å². The first kappa shape index (κ1) is 19.6. The van der Waals surface area contributed by atoms with Crippen molar-refractivity contribution in [1.29, 1.82) is 0 Å². The first-order chi connectivity index (χ1) is 14.6. The van der Waals surface area contributed by atoms with E-state index >= 15 is 0 Å². The number of aryl methyl sites for hydroxylation is 2. The summed E-state index contributed by atoms with van der Waals surface area (Å²) >= 11 is 0. The number of hydrogen-bond acceptors (Lipinski definition) is 3. The van der Waals surface area contributed by atoms with Crippen molar-refractivity contribution in [2.24, 2.45) is 5.92 Å². The molecule has 1 saturated heterocycles. The maximum atomic E-state index is 12.7. The fourth-order valence-electron chi connectivity index (χ4n) is 3.69. The zero-order valence-corrected chi connectivity index (χ0v) is 16.5. The molecule has 1 aromatic heterocycles. The van der Waals surface area contributed by atoms with E-state index in [1.165, 1.54) is 5.56 Å². The van der Waals surface area contributed by atoms with E-state index in [2.05, 4.69) is 22.8 Å². The molecule has 6 nitrogen and oxygen atoms in total. The van der Waals surface area contributed by atoms with Gasteiger partial charge in [-0.05, 0) is 48.2 Å².